The molecule has 0 aliphatic heterocycles. The summed E-state index contributed by atoms with van der Waals surface area (Å²) in [5, 5.41) is 0. The van der Waals surface area contributed by atoms with Gasteiger partial charge in [0.15, 0.2) is 0 Å². The van der Waals surface area contributed by atoms with Gasteiger partial charge in [-0.3, -0.25) is 0 Å². The fourth-order valence-electron chi connectivity index (χ4n) is 0.394. The molecule has 0 aromatic carbocycles. The van der Waals surface area contributed by atoms with Crippen molar-refractivity contribution in [3.8, 4) is 0 Å². The van der Waals surface area contributed by atoms with Crippen molar-refractivity contribution < 1.29 is 0 Å². The summed E-state index contributed by atoms with van der Waals surface area (Å²) >= 11 is 3.42. The van der Waals surface area contributed by atoms with E-state index in [1.807, 2.05) is 6.08 Å². The fourth-order valence-corrected chi connectivity index (χ4v) is 0.851. The summed E-state index contributed by atoms with van der Waals surface area (Å²) in [6, 6.07) is 0. The van der Waals surface area contributed by atoms with Crippen LogP contribution in [0.5, 0.6) is 0 Å². The highest BCUT2D eigenvalue weighted by molar-refractivity contribution is 9.09. The first-order valence-corrected chi connectivity index (χ1v) is 3.49. The summed E-state index contributed by atoms with van der Waals surface area (Å²) in [4.78, 5) is 0.525. The Bertz CT molecular complexity index is 50.1. The largest absolute Gasteiger partial charge is 0.102 e. The number of halogens is 1. The molecule has 0 heterocycles. The minimum absolute atomic E-state index is 0.525. The molecule has 0 radical (unpaired) electrons. The molecule has 0 rings (SSSR count). The second-order valence-corrected chi connectivity index (χ2v) is 2.72. The van der Waals surface area contributed by atoms with Crippen LogP contribution in [0.4, 0.5) is 0 Å². The molecule has 0 fully saturated rings. The van der Waals surface area contributed by atoms with Gasteiger partial charge in [0, 0.05) is 4.83 Å². The first-order valence-electron chi connectivity index (χ1n) is 2.58. The summed E-state index contributed by atoms with van der Waals surface area (Å²) in [6.07, 6.45) is 4.34. The lowest BCUT2D eigenvalue weighted by atomic mass is 10.2. The van der Waals surface area contributed by atoms with E-state index in [1.54, 1.807) is 0 Å². The van der Waals surface area contributed by atoms with E-state index in [0.29, 0.717) is 4.83 Å². The Labute approximate surface area is 53.7 Å². The van der Waals surface area contributed by atoms with Gasteiger partial charge in [0.2, 0.25) is 0 Å². The van der Waals surface area contributed by atoms with Crippen LogP contribution in [0.1, 0.15) is 19.8 Å². The molecule has 0 nitrogen and oxygen atoms in total. The smallest absolute Gasteiger partial charge is 0.0322 e. The van der Waals surface area contributed by atoms with E-state index in [0.717, 1.165) is 0 Å². The second kappa shape index (κ2) is 4.38. The summed E-state index contributed by atoms with van der Waals surface area (Å²) in [5.74, 6) is 0. The molecule has 42 valence electrons. The van der Waals surface area contributed by atoms with Crippen LogP contribution in [0.15, 0.2) is 12.7 Å². The summed E-state index contributed by atoms with van der Waals surface area (Å²) < 4.78 is 0. The molecule has 1 atom stereocenters. The van der Waals surface area contributed by atoms with Crippen LogP contribution in [-0.4, -0.2) is 4.83 Å². The van der Waals surface area contributed by atoms with E-state index in [2.05, 4.69) is 29.4 Å². The van der Waals surface area contributed by atoms with Crippen molar-refractivity contribution >= 4 is 15.9 Å². The Kier molecular flexibility index (Phi) is 4.52. The topological polar surface area (TPSA) is 0 Å². The molecule has 0 N–H and O–H groups in total. The first kappa shape index (κ1) is 7.22. The fraction of sp³-hybridized carbons (Fsp3) is 0.667. The standard InChI is InChI=1S/C6H11Br/c1-3-5-6(7)4-2/h4,6H,2-3,5H2,1H3. The number of alkyl halides is 1. The quantitative estimate of drug-likeness (QED) is 0.443. The Morgan fingerprint density at radius 2 is 2.43 bits per heavy atom. The highest BCUT2D eigenvalue weighted by Gasteiger charge is 1.91. The summed E-state index contributed by atoms with van der Waals surface area (Å²) in [7, 11) is 0. The third kappa shape index (κ3) is 4.07. The average Bonchev–Trinajstić information content (AvgIpc) is 1.68. The van der Waals surface area contributed by atoms with Crippen molar-refractivity contribution in [2.45, 2.75) is 24.6 Å². The lowest BCUT2D eigenvalue weighted by Gasteiger charge is -1.96. The zero-order valence-corrected chi connectivity index (χ0v) is 6.24. The molecule has 0 bridgehead atoms. The number of hydrogen-bond donors (Lipinski definition) is 0. The highest BCUT2D eigenvalue weighted by atomic mass is 79.9. The minimum Gasteiger partial charge on any atom is -0.102 e. The van der Waals surface area contributed by atoms with Gasteiger partial charge < -0.3 is 0 Å². The van der Waals surface area contributed by atoms with Crippen LogP contribution in [-0.2, 0) is 0 Å². The van der Waals surface area contributed by atoms with Crippen LogP contribution >= 0.6 is 15.9 Å². The molecule has 0 spiro atoms. The van der Waals surface area contributed by atoms with Gasteiger partial charge in [-0.2, -0.15) is 0 Å². The van der Waals surface area contributed by atoms with E-state index >= 15 is 0 Å². The van der Waals surface area contributed by atoms with Crippen molar-refractivity contribution in [3.05, 3.63) is 12.7 Å². The monoisotopic (exact) mass is 162 g/mol. The van der Waals surface area contributed by atoms with Gasteiger partial charge in [0.05, 0.1) is 0 Å². The van der Waals surface area contributed by atoms with Crippen molar-refractivity contribution in [1.29, 1.82) is 0 Å². The number of allylic oxidation sites excluding steroid dienone is 1. The third-order valence-electron chi connectivity index (χ3n) is 0.820. The zero-order chi connectivity index (χ0) is 5.70. The van der Waals surface area contributed by atoms with Crippen LogP contribution in [0.25, 0.3) is 0 Å². The predicted octanol–water partition coefficient (Wildman–Crippen LogP) is 2.74. The van der Waals surface area contributed by atoms with Crippen LogP contribution in [0.2, 0.25) is 0 Å². The van der Waals surface area contributed by atoms with Crippen LogP contribution in [0.3, 0.4) is 0 Å². The Hall–Kier alpha value is 0.220. The van der Waals surface area contributed by atoms with Gasteiger partial charge >= 0.3 is 0 Å². The Morgan fingerprint density at radius 1 is 1.86 bits per heavy atom. The SMILES string of the molecule is C=CC(Br)CCC. The number of rotatable bonds is 3. The van der Waals surface area contributed by atoms with Gasteiger partial charge in [0.25, 0.3) is 0 Å². The lowest BCUT2D eigenvalue weighted by molar-refractivity contribution is 0.837. The second-order valence-electron chi connectivity index (χ2n) is 1.54. The van der Waals surface area contributed by atoms with E-state index < -0.39 is 0 Å². The predicted molar refractivity (Wildman–Crippen MR) is 37.8 cm³/mol. The van der Waals surface area contributed by atoms with E-state index in [1.165, 1.54) is 12.8 Å². The van der Waals surface area contributed by atoms with Crippen LogP contribution < -0.4 is 0 Å². The van der Waals surface area contributed by atoms with E-state index in [4.69, 9.17) is 0 Å². The lowest BCUT2D eigenvalue weighted by Crippen LogP contribution is -1.87. The zero-order valence-electron chi connectivity index (χ0n) is 4.65. The van der Waals surface area contributed by atoms with Gasteiger partial charge in [0.1, 0.15) is 0 Å². The molecule has 7 heavy (non-hydrogen) atoms. The van der Waals surface area contributed by atoms with Crippen molar-refractivity contribution in [3.63, 3.8) is 0 Å². The third-order valence-corrected chi connectivity index (χ3v) is 1.65. The molecule has 0 aliphatic rings. The molecule has 1 unspecified atom stereocenters. The maximum Gasteiger partial charge on any atom is 0.0322 e. The maximum absolute atomic E-state index is 3.63. The molecular weight excluding hydrogens is 152 g/mol. The normalized spacial score (nSPS) is 13.4. The highest BCUT2D eigenvalue weighted by Crippen LogP contribution is 2.06. The molecule has 0 aromatic heterocycles. The first-order chi connectivity index (χ1) is 3.31. The molecule has 0 aromatic rings. The van der Waals surface area contributed by atoms with Crippen molar-refractivity contribution in [1.82, 2.24) is 0 Å². The van der Waals surface area contributed by atoms with Gasteiger partial charge in [-0.25, -0.2) is 0 Å². The Balaban J connectivity index is 2.98. The molecular formula is C6H11Br. The molecule has 0 saturated carbocycles. The molecule has 0 amide bonds. The molecule has 0 aliphatic carbocycles. The van der Waals surface area contributed by atoms with E-state index in [9.17, 15) is 0 Å². The Morgan fingerprint density at radius 3 is 2.57 bits per heavy atom. The van der Waals surface area contributed by atoms with Gasteiger partial charge in [-0.15, -0.1) is 6.58 Å². The van der Waals surface area contributed by atoms with E-state index in [-0.39, 0.29) is 0 Å². The average molecular weight is 163 g/mol. The van der Waals surface area contributed by atoms with Crippen LogP contribution in [0, 0.1) is 0 Å². The van der Waals surface area contributed by atoms with Crippen molar-refractivity contribution in [2.75, 3.05) is 0 Å². The van der Waals surface area contributed by atoms with Crippen molar-refractivity contribution in [2.24, 2.45) is 0 Å². The minimum atomic E-state index is 0.525. The molecule has 0 saturated heterocycles. The number of hydrogen-bond acceptors (Lipinski definition) is 0. The van der Waals surface area contributed by atoms with Gasteiger partial charge in [-0.05, 0) is 6.42 Å². The van der Waals surface area contributed by atoms with Gasteiger partial charge in [-0.1, -0.05) is 35.4 Å². The maximum atomic E-state index is 3.63. The summed E-state index contributed by atoms with van der Waals surface area (Å²) in [5.41, 5.74) is 0. The summed E-state index contributed by atoms with van der Waals surface area (Å²) in [6.45, 7) is 5.80. The molecule has 1 heteroatoms.